The van der Waals surface area contributed by atoms with Gasteiger partial charge >= 0.3 is 114 Å². The molecule has 1 aromatic carbocycles. The third kappa shape index (κ3) is 2.63. The molecule has 0 N–H and O–H groups in total. The van der Waals surface area contributed by atoms with Crippen molar-refractivity contribution < 1.29 is 4.79 Å². The van der Waals surface area contributed by atoms with Gasteiger partial charge in [-0.15, -0.1) is 0 Å². The predicted octanol–water partition coefficient (Wildman–Crippen LogP) is 3.32. The first kappa shape index (κ1) is 13.7. The van der Waals surface area contributed by atoms with E-state index in [9.17, 15) is 4.79 Å². The van der Waals surface area contributed by atoms with Crippen LogP contribution in [0.5, 0.6) is 0 Å². The van der Waals surface area contributed by atoms with Gasteiger partial charge in [0, 0.05) is 0 Å². The topological polar surface area (TPSA) is 20.3 Å². The summed E-state index contributed by atoms with van der Waals surface area (Å²) in [5.74, 6) is 5.01. The van der Waals surface area contributed by atoms with Crippen LogP contribution in [0, 0.1) is 0 Å². The van der Waals surface area contributed by atoms with E-state index in [-0.39, 0.29) is 5.54 Å². The molecule has 1 amide bonds. The van der Waals surface area contributed by atoms with Crippen LogP contribution in [0.1, 0.15) is 25.8 Å². The number of carbonyl (C=O) groups is 1. The molecule has 1 atom stereocenters. The Morgan fingerprint density at radius 2 is 1.89 bits per heavy atom. The van der Waals surface area contributed by atoms with Crippen LogP contribution in [-0.4, -0.2) is 30.7 Å². The summed E-state index contributed by atoms with van der Waals surface area (Å²) in [7, 11) is 0. The van der Waals surface area contributed by atoms with Crippen molar-refractivity contribution >= 4 is 20.3 Å². The molecule has 0 bridgehead atoms. The van der Waals surface area contributed by atoms with Crippen LogP contribution >= 0.6 is 0 Å². The number of rotatable bonds is 3. The second-order valence-corrected chi connectivity index (χ2v) is 12.0. The summed E-state index contributed by atoms with van der Waals surface area (Å²) in [5.41, 5.74) is 1.25. The molecule has 97 valence electrons. The molecule has 0 aromatic heterocycles. The molecule has 1 aliphatic rings. The SMILES string of the molecule is [CH3][Ge]([CH3])[CH]1CC(C)(C)N(Cc2ccccc2)C1=O. The third-order valence-electron chi connectivity index (χ3n) is 3.88. The van der Waals surface area contributed by atoms with E-state index in [1.54, 1.807) is 0 Å². The number of benzene rings is 1. The van der Waals surface area contributed by atoms with Crippen LogP contribution in [0.2, 0.25) is 16.3 Å². The minimum atomic E-state index is -1.17. The monoisotopic (exact) mass is 306 g/mol. The number of hydrogen-bond acceptors (Lipinski definition) is 1. The Labute approximate surface area is 114 Å². The molecule has 0 aliphatic carbocycles. The molecular weight excluding hydrogens is 283 g/mol. The third-order valence-corrected chi connectivity index (χ3v) is 7.75. The van der Waals surface area contributed by atoms with Gasteiger partial charge in [0.25, 0.3) is 0 Å². The molecule has 0 spiro atoms. The molecule has 1 saturated heterocycles. The Morgan fingerprint density at radius 1 is 1.28 bits per heavy atom. The number of likely N-dealkylation sites (tertiary alicyclic amines) is 1. The first-order chi connectivity index (χ1) is 8.42. The summed E-state index contributed by atoms with van der Waals surface area (Å²) in [5, 5.41) is 0. The minimum absolute atomic E-state index is 0.0157. The summed E-state index contributed by atoms with van der Waals surface area (Å²) in [6, 6.07) is 10.3. The van der Waals surface area contributed by atoms with Gasteiger partial charge in [-0.3, -0.25) is 0 Å². The normalized spacial score (nSPS) is 22.8. The molecular formula is C15H22GeNO. The molecule has 18 heavy (non-hydrogen) atoms. The van der Waals surface area contributed by atoms with Gasteiger partial charge in [0.1, 0.15) is 0 Å². The van der Waals surface area contributed by atoms with Crippen molar-refractivity contribution in [2.24, 2.45) is 0 Å². The zero-order valence-corrected chi connectivity index (χ0v) is 13.8. The second kappa shape index (κ2) is 5.08. The molecule has 1 heterocycles. The molecule has 1 fully saturated rings. The number of amides is 1. The van der Waals surface area contributed by atoms with Crippen molar-refractivity contribution in [2.75, 3.05) is 0 Å². The average Bonchev–Trinajstić information content (AvgIpc) is 2.54. The van der Waals surface area contributed by atoms with E-state index in [1.165, 1.54) is 5.56 Å². The van der Waals surface area contributed by atoms with E-state index < -0.39 is 14.3 Å². The first-order valence-corrected chi connectivity index (χ1v) is 12.0. The van der Waals surface area contributed by atoms with Gasteiger partial charge in [-0.2, -0.15) is 0 Å². The Morgan fingerprint density at radius 3 is 2.39 bits per heavy atom. The van der Waals surface area contributed by atoms with Crippen LogP contribution in [0.25, 0.3) is 0 Å². The van der Waals surface area contributed by atoms with Crippen molar-refractivity contribution in [2.45, 2.75) is 48.6 Å². The quantitative estimate of drug-likeness (QED) is 0.785. The number of hydrogen-bond donors (Lipinski definition) is 0. The molecule has 1 aliphatic heterocycles. The molecule has 1 unspecified atom stereocenters. The van der Waals surface area contributed by atoms with E-state index in [0.717, 1.165) is 13.0 Å². The predicted molar refractivity (Wildman–Crippen MR) is 76.9 cm³/mol. The van der Waals surface area contributed by atoms with E-state index in [2.05, 4.69) is 42.4 Å². The second-order valence-electron chi connectivity index (χ2n) is 6.06. The van der Waals surface area contributed by atoms with Crippen LogP contribution < -0.4 is 0 Å². The Bertz CT molecular complexity index is 427. The van der Waals surface area contributed by atoms with Gasteiger partial charge in [-0.05, 0) is 0 Å². The zero-order chi connectivity index (χ0) is 13.3. The summed E-state index contributed by atoms with van der Waals surface area (Å²) in [4.78, 5) is 14.6. The maximum atomic E-state index is 12.5. The van der Waals surface area contributed by atoms with E-state index in [4.69, 9.17) is 0 Å². The fraction of sp³-hybridized carbons (Fsp3) is 0.533. The fourth-order valence-electron chi connectivity index (χ4n) is 2.69. The molecule has 3 heteroatoms. The van der Waals surface area contributed by atoms with Gasteiger partial charge in [0.15, 0.2) is 0 Å². The summed E-state index contributed by atoms with van der Waals surface area (Å²) < 4.78 is 0.351. The van der Waals surface area contributed by atoms with E-state index >= 15 is 0 Å². The van der Waals surface area contributed by atoms with Crippen molar-refractivity contribution in [3.05, 3.63) is 35.9 Å². The van der Waals surface area contributed by atoms with Crippen molar-refractivity contribution in [1.82, 2.24) is 4.90 Å². The standard InChI is InChI=1S/C15H22GeNO/c1-15(2)10-13(16(3)4)14(18)17(15)11-12-8-6-5-7-9-12/h5-9,13H,10-11H2,1-4H3. The van der Waals surface area contributed by atoms with Crippen LogP contribution in [0.15, 0.2) is 30.3 Å². The Hall–Kier alpha value is -0.767. The van der Waals surface area contributed by atoms with Gasteiger partial charge in [0.2, 0.25) is 0 Å². The molecule has 1 aromatic rings. The number of nitrogens with zero attached hydrogens (tertiary/aromatic N) is 1. The van der Waals surface area contributed by atoms with Crippen molar-refractivity contribution in [1.29, 1.82) is 0 Å². The van der Waals surface area contributed by atoms with Crippen molar-refractivity contribution in [3.8, 4) is 0 Å². The summed E-state index contributed by atoms with van der Waals surface area (Å²) in [6.45, 7) is 5.17. The number of carbonyl (C=O) groups excluding carboxylic acids is 1. The van der Waals surface area contributed by atoms with E-state index in [0.29, 0.717) is 10.7 Å². The average molecular weight is 305 g/mol. The Balaban J connectivity index is 2.19. The fourth-order valence-corrected chi connectivity index (χ4v) is 5.96. The van der Waals surface area contributed by atoms with E-state index in [1.807, 2.05) is 18.2 Å². The molecule has 2 rings (SSSR count). The summed E-state index contributed by atoms with van der Waals surface area (Å²) >= 11 is -1.17. The van der Waals surface area contributed by atoms with Gasteiger partial charge in [-0.1, -0.05) is 0 Å². The summed E-state index contributed by atoms with van der Waals surface area (Å²) in [6.07, 6.45) is 1.04. The Kier molecular flexibility index (Phi) is 3.85. The zero-order valence-electron chi connectivity index (χ0n) is 11.7. The van der Waals surface area contributed by atoms with Gasteiger partial charge in [0.05, 0.1) is 0 Å². The first-order valence-electron chi connectivity index (χ1n) is 6.57. The molecule has 1 radical (unpaired) electrons. The van der Waals surface area contributed by atoms with Gasteiger partial charge in [-0.25, -0.2) is 0 Å². The van der Waals surface area contributed by atoms with Crippen LogP contribution in [0.3, 0.4) is 0 Å². The molecule has 0 saturated carbocycles. The van der Waals surface area contributed by atoms with Gasteiger partial charge < -0.3 is 0 Å². The van der Waals surface area contributed by atoms with Crippen molar-refractivity contribution in [3.63, 3.8) is 0 Å². The van der Waals surface area contributed by atoms with Crippen LogP contribution in [0.4, 0.5) is 0 Å². The van der Waals surface area contributed by atoms with Crippen LogP contribution in [-0.2, 0) is 11.3 Å². The maximum absolute atomic E-state index is 12.5. The molecule has 2 nitrogen and oxygen atoms in total.